The second kappa shape index (κ2) is 6.29. The topological polar surface area (TPSA) is 102 Å². The number of carbonyl (C=O) groups is 1. The Balaban J connectivity index is 2.69. The first-order valence-electron chi connectivity index (χ1n) is 5.47. The Bertz CT molecular complexity index is 357. The molecule has 100 valence electrons. The van der Waals surface area contributed by atoms with Gasteiger partial charge >= 0.3 is 0 Å². The maximum Gasteiger partial charge on any atom is 0.237 e. The smallest absolute Gasteiger partial charge is 0.237 e. The first-order chi connectivity index (χ1) is 7.99. The summed E-state index contributed by atoms with van der Waals surface area (Å²) >= 11 is 0. The molecular weight excluding hydrogens is 246 g/mol. The second-order valence-corrected chi connectivity index (χ2v) is 5.94. The third-order valence-electron chi connectivity index (χ3n) is 2.63. The Kier molecular flexibility index (Phi) is 5.31. The first-order valence-corrected chi connectivity index (χ1v) is 7.08. The average Bonchev–Trinajstić information content (AvgIpc) is 2.29. The summed E-state index contributed by atoms with van der Waals surface area (Å²) in [6, 6.07) is -0.781. The van der Waals surface area contributed by atoms with Crippen LogP contribution in [0.25, 0.3) is 0 Å². The van der Waals surface area contributed by atoms with Crippen LogP contribution >= 0.6 is 0 Å². The Morgan fingerprint density at radius 1 is 1.59 bits per heavy atom. The van der Waals surface area contributed by atoms with Crippen molar-refractivity contribution in [1.82, 2.24) is 9.62 Å². The third kappa shape index (κ3) is 3.91. The largest absolute Gasteiger partial charge is 0.385 e. The van der Waals surface area contributed by atoms with Crippen LogP contribution in [0, 0.1) is 0 Å². The Morgan fingerprint density at radius 2 is 2.29 bits per heavy atom. The molecule has 0 radical (unpaired) electrons. The maximum atomic E-state index is 12.0. The van der Waals surface area contributed by atoms with E-state index in [2.05, 4.69) is 5.32 Å². The van der Waals surface area contributed by atoms with Crippen molar-refractivity contribution in [3.05, 3.63) is 0 Å². The number of hydrogen-bond acceptors (Lipinski definition) is 5. The predicted octanol–water partition coefficient (Wildman–Crippen LogP) is -1.89. The third-order valence-corrected chi connectivity index (χ3v) is 4.59. The number of rotatable bonds is 6. The minimum absolute atomic E-state index is 0.0232. The van der Waals surface area contributed by atoms with Gasteiger partial charge in [-0.3, -0.25) is 4.79 Å². The number of nitrogens with zero attached hydrogens (tertiary/aromatic N) is 1. The lowest BCUT2D eigenvalue weighted by molar-refractivity contribution is -0.122. The monoisotopic (exact) mass is 265 g/mol. The summed E-state index contributed by atoms with van der Waals surface area (Å²) in [7, 11) is -1.92. The van der Waals surface area contributed by atoms with Crippen LogP contribution in [0.2, 0.25) is 0 Å². The minimum Gasteiger partial charge on any atom is -0.385 e. The molecule has 3 N–H and O–H groups in total. The van der Waals surface area contributed by atoms with Crippen LogP contribution < -0.4 is 11.1 Å². The van der Waals surface area contributed by atoms with E-state index in [4.69, 9.17) is 10.5 Å². The van der Waals surface area contributed by atoms with Crippen molar-refractivity contribution in [2.75, 3.05) is 39.1 Å². The van der Waals surface area contributed by atoms with E-state index in [9.17, 15) is 13.2 Å². The van der Waals surface area contributed by atoms with E-state index in [0.717, 1.165) is 0 Å². The van der Waals surface area contributed by atoms with Crippen LogP contribution in [0.5, 0.6) is 0 Å². The molecule has 8 heteroatoms. The number of carbonyl (C=O) groups excluding carboxylic acids is 1. The molecule has 1 heterocycles. The normalized spacial score (nSPS) is 22.5. The van der Waals surface area contributed by atoms with E-state index in [1.165, 1.54) is 11.4 Å². The van der Waals surface area contributed by atoms with E-state index in [1.807, 2.05) is 0 Å². The summed E-state index contributed by atoms with van der Waals surface area (Å²) in [6.07, 6.45) is 0.411. The van der Waals surface area contributed by atoms with Crippen LogP contribution in [-0.2, 0) is 19.6 Å². The molecule has 1 unspecified atom stereocenters. The lowest BCUT2D eigenvalue weighted by Gasteiger charge is -2.33. The summed E-state index contributed by atoms with van der Waals surface area (Å²) in [6.45, 7) is 1.47. The minimum atomic E-state index is -3.44. The number of methoxy groups -OCH3 is 1. The number of amides is 1. The zero-order valence-corrected chi connectivity index (χ0v) is 10.7. The van der Waals surface area contributed by atoms with E-state index in [-0.39, 0.29) is 18.8 Å². The van der Waals surface area contributed by atoms with E-state index in [0.29, 0.717) is 19.6 Å². The van der Waals surface area contributed by atoms with Gasteiger partial charge in [-0.25, -0.2) is 8.42 Å². The fourth-order valence-corrected chi connectivity index (χ4v) is 3.42. The summed E-state index contributed by atoms with van der Waals surface area (Å²) in [5.74, 6) is -0.641. The lowest BCUT2D eigenvalue weighted by Crippen LogP contribution is -2.59. The van der Waals surface area contributed by atoms with E-state index >= 15 is 0 Å². The molecule has 0 bridgehead atoms. The standard InChI is InChI=1S/C9H19N3O4S/c1-16-5-2-6-17(14,15)12-4-3-11-7-8(12)9(10)13/h8,11H,2-7H2,1H3,(H2,10,13). The maximum absolute atomic E-state index is 12.0. The molecule has 0 saturated carbocycles. The van der Waals surface area contributed by atoms with Gasteiger partial charge in [0.25, 0.3) is 0 Å². The molecule has 1 aliphatic heterocycles. The molecule has 0 aromatic rings. The predicted molar refractivity (Wildman–Crippen MR) is 62.8 cm³/mol. The number of nitrogens with one attached hydrogen (secondary N) is 1. The number of sulfonamides is 1. The van der Waals surface area contributed by atoms with Gasteiger partial charge in [-0.2, -0.15) is 4.31 Å². The molecule has 0 aliphatic carbocycles. The molecule has 1 saturated heterocycles. The quantitative estimate of drug-likeness (QED) is 0.547. The molecule has 1 atom stereocenters. The molecule has 0 aromatic carbocycles. The summed E-state index contributed by atoms with van der Waals surface area (Å²) in [5.41, 5.74) is 5.20. The molecule has 0 aromatic heterocycles. The van der Waals surface area contributed by atoms with E-state index in [1.54, 1.807) is 0 Å². The van der Waals surface area contributed by atoms with Crippen molar-refractivity contribution in [3.63, 3.8) is 0 Å². The van der Waals surface area contributed by atoms with Gasteiger partial charge in [-0.05, 0) is 6.42 Å². The molecule has 0 spiro atoms. The summed E-state index contributed by atoms with van der Waals surface area (Å²) in [4.78, 5) is 11.2. The molecule has 17 heavy (non-hydrogen) atoms. The number of nitrogens with two attached hydrogens (primary N) is 1. The van der Waals surface area contributed by atoms with Crippen molar-refractivity contribution in [1.29, 1.82) is 0 Å². The SMILES string of the molecule is COCCCS(=O)(=O)N1CCNCC1C(N)=O. The average molecular weight is 265 g/mol. The molecule has 1 aliphatic rings. The van der Waals surface area contributed by atoms with Gasteiger partial charge in [0, 0.05) is 33.4 Å². The molecule has 1 amide bonds. The van der Waals surface area contributed by atoms with Crippen molar-refractivity contribution in [2.24, 2.45) is 5.73 Å². The molecule has 1 rings (SSSR count). The fourth-order valence-electron chi connectivity index (χ4n) is 1.76. The number of primary amides is 1. The number of piperazine rings is 1. The fraction of sp³-hybridized carbons (Fsp3) is 0.889. The second-order valence-electron chi connectivity index (χ2n) is 3.90. The molecule has 1 fully saturated rings. The van der Waals surface area contributed by atoms with Crippen LogP contribution in [-0.4, -0.2) is 63.8 Å². The highest BCUT2D eigenvalue weighted by Crippen LogP contribution is 2.11. The summed E-state index contributed by atoms with van der Waals surface area (Å²) in [5, 5.41) is 2.95. The summed E-state index contributed by atoms with van der Waals surface area (Å²) < 4.78 is 30.0. The Morgan fingerprint density at radius 3 is 2.88 bits per heavy atom. The number of ether oxygens (including phenoxy) is 1. The molecular formula is C9H19N3O4S. The Hall–Kier alpha value is -0.700. The van der Waals surface area contributed by atoms with Crippen molar-refractivity contribution in [2.45, 2.75) is 12.5 Å². The van der Waals surface area contributed by atoms with Crippen LogP contribution in [0.3, 0.4) is 0 Å². The van der Waals surface area contributed by atoms with Gasteiger partial charge in [0.1, 0.15) is 6.04 Å². The zero-order chi connectivity index (χ0) is 12.9. The van der Waals surface area contributed by atoms with E-state index < -0.39 is 22.0 Å². The van der Waals surface area contributed by atoms with Gasteiger partial charge in [0.05, 0.1) is 5.75 Å². The van der Waals surface area contributed by atoms with Crippen molar-refractivity contribution < 1.29 is 17.9 Å². The van der Waals surface area contributed by atoms with Gasteiger partial charge in [0.15, 0.2) is 0 Å². The highest BCUT2D eigenvalue weighted by Gasteiger charge is 2.34. The van der Waals surface area contributed by atoms with Crippen molar-refractivity contribution >= 4 is 15.9 Å². The van der Waals surface area contributed by atoms with Gasteiger partial charge in [-0.15, -0.1) is 0 Å². The number of hydrogen-bond donors (Lipinski definition) is 2. The van der Waals surface area contributed by atoms with Crippen molar-refractivity contribution in [3.8, 4) is 0 Å². The van der Waals surface area contributed by atoms with Crippen LogP contribution in [0.4, 0.5) is 0 Å². The van der Waals surface area contributed by atoms with Gasteiger partial charge in [0.2, 0.25) is 15.9 Å². The van der Waals surface area contributed by atoms with Gasteiger partial charge in [-0.1, -0.05) is 0 Å². The highest BCUT2D eigenvalue weighted by atomic mass is 32.2. The van der Waals surface area contributed by atoms with Gasteiger partial charge < -0.3 is 15.8 Å². The molecule has 7 nitrogen and oxygen atoms in total. The Labute approximate surface area is 101 Å². The lowest BCUT2D eigenvalue weighted by atomic mass is 10.2. The first kappa shape index (κ1) is 14.4. The zero-order valence-electron chi connectivity index (χ0n) is 9.89. The van der Waals surface area contributed by atoms with Crippen LogP contribution in [0.1, 0.15) is 6.42 Å². The highest BCUT2D eigenvalue weighted by molar-refractivity contribution is 7.89. The van der Waals surface area contributed by atoms with Crippen LogP contribution in [0.15, 0.2) is 0 Å².